The van der Waals surface area contributed by atoms with E-state index in [9.17, 15) is 0 Å². The van der Waals surface area contributed by atoms with Gasteiger partial charge in [0.05, 0.1) is 0 Å². The summed E-state index contributed by atoms with van der Waals surface area (Å²) < 4.78 is 0. The van der Waals surface area contributed by atoms with E-state index in [0.29, 0.717) is 5.96 Å². The number of benzene rings is 2. The minimum atomic E-state index is -0.564. The number of para-hydroxylation sites is 1. The first-order valence-electron chi connectivity index (χ1n) is 8.37. The largest absolute Gasteiger partial charge is 0.399 e. The summed E-state index contributed by atoms with van der Waals surface area (Å²) in [6.45, 7) is 2.04. The highest BCUT2D eigenvalue weighted by atomic mass is 35.5. The number of halogens is 1. The average molecular weight is 373 g/mol. The monoisotopic (exact) mass is 372 g/mol. The first kappa shape index (κ1) is 19.6. The number of aryl methyl sites for hydroxylation is 1. The van der Waals surface area contributed by atoms with Gasteiger partial charge < -0.3 is 17.2 Å². The minimum absolute atomic E-state index is 0. The second kappa shape index (κ2) is 8.10. The quantitative estimate of drug-likeness (QED) is 0.701. The summed E-state index contributed by atoms with van der Waals surface area (Å²) in [6.07, 6.45) is 2.67. The molecule has 6 N–H and O–H groups in total. The Morgan fingerprint density at radius 3 is 2.27 bits per heavy atom. The predicted molar refractivity (Wildman–Crippen MR) is 112 cm³/mol. The zero-order valence-electron chi connectivity index (χ0n) is 14.8. The van der Waals surface area contributed by atoms with Crippen molar-refractivity contribution in [3.63, 3.8) is 0 Å². The van der Waals surface area contributed by atoms with Crippen molar-refractivity contribution in [3.05, 3.63) is 60.2 Å². The topological polar surface area (TPSA) is 106 Å². The fourth-order valence-electron chi connectivity index (χ4n) is 3.20. The molecule has 0 fully saturated rings. The lowest BCUT2D eigenvalue weighted by Crippen LogP contribution is -2.56. The van der Waals surface area contributed by atoms with Gasteiger partial charge in [0.1, 0.15) is 5.66 Å². The van der Waals surface area contributed by atoms with Crippen molar-refractivity contribution in [3.8, 4) is 0 Å². The molecule has 7 heteroatoms. The Morgan fingerprint density at radius 1 is 0.962 bits per heavy atom. The molecule has 1 unspecified atom stereocenters. The summed E-state index contributed by atoms with van der Waals surface area (Å²) in [7, 11) is 0. The maximum Gasteiger partial charge on any atom is 0.220 e. The first-order valence-corrected chi connectivity index (χ1v) is 8.37. The third kappa shape index (κ3) is 4.26. The molecule has 1 atom stereocenters. The smallest absolute Gasteiger partial charge is 0.220 e. The molecule has 0 amide bonds. The molecule has 0 spiro atoms. The second-order valence-electron chi connectivity index (χ2n) is 6.42. The van der Waals surface area contributed by atoms with Crippen molar-refractivity contribution in [1.82, 2.24) is 0 Å². The molecular weight excluding hydrogens is 348 g/mol. The number of nitrogen functional groups attached to an aromatic ring is 1. The SMILES string of the molecule is CC1(CCCc2ccc(N)cc2)N=C(N)N=C(N)N1c1ccccc1.Cl. The Hall–Kier alpha value is -2.73. The lowest BCUT2D eigenvalue weighted by molar-refractivity contribution is 0.430. The normalized spacial score (nSPS) is 19.3. The van der Waals surface area contributed by atoms with Crippen LogP contribution < -0.4 is 22.1 Å². The molecule has 0 bridgehead atoms. The fraction of sp³-hybridized carbons (Fsp3) is 0.263. The Balaban J connectivity index is 0.00000243. The van der Waals surface area contributed by atoms with Gasteiger partial charge in [0.2, 0.25) is 11.9 Å². The van der Waals surface area contributed by atoms with Crippen molar-refractivity contribution < 1.29 is 0 Å². The van der Waals surface area contributed by atoms with Crippen molar-refractivity contribution in [2.75, 3.05) is 10.6 Å². The van der Waals surface area contributed by atoms with Gasteiger partial charge in [0.15, 0.2) is 0 Å². The van der Waals surface area contributed by atoms with Crippen molar-refractivity contribution >= 4 is 35.7 Å². The third-order valence-corrected chi connectivity index (χ3v) is 4.41. The van der Waals surface area contributed by atoms with Crippen LogP contribution in [0.5, 0.6) is 0 Å². The molecule has 1 heterocycles. The zero-order chi connectivity index (χ0) is 17.9. The number of guanidine groups is 2. The lowest BCUT2D eigenvalue weighted by atomic mass is 9.99. The molecule has 6 nitrogen and oxygen atoms in total. The van der Waals surface area contributed by atoms with Gasteiger partial charge >= 0.3 is 0 Å². The summed E-state index contributed by atoms with van der Waals surface area (Å²) in [5, 5.41) is 0. The van der Waals surface area contributed by atoms with E-state index in [1.165, 1.54) is 5.56 Å². The van der Waals surface area contributed by atoms with Crippen molar-refractivity contribution in [2.45, 2.75) is 31.8 Å². The van der Waals surface area contributed by atoms with E-state index in [0.717, 1.165) is 30.6 Å². The summed E-state index contributed by atoms with van der Waals surface area (Å²) >= 11 is 0. The number of hydrogen-bond donors (Lipinski definition) is 3. The number of aliphatic imine (C=N–C) groups is 2. The Morgan fingerprint density at radius 2 is 1.62 bits per heavy atom. The van der Waals surface area contributed by atoms with Gasteiger partial charge in [-0.2, -0.15) is 4.99 Å². The fourth-order valence-corrected chi connectivity index (χ4v) is 3.20. The second-order valence-corrected chi connectivity index (χ2v) is 6.42. The van der Waals surface area contributed by atoms with Gasteiger partial charge in [-0.25, -0.2) is 4.99 Å². The average Bonchev–Trinajstić information content (AvgIpc) is 2.57. The van der Waals surface area contributed by atoms with Crippen LogP contribution in [0.2, 0.25) is 0 Å². The Bertz CT molecular complexity index is 787. The van der Waals surface area contributed by atoms with Gasteiger partial charge in [0.25, 0.3) is 0 Å². The van der Waals surface area contributed by atoms with E-state index in [-0.39, 0.29) is 18.4 Å². The molecule has 1 aliphatic heterocycles. The number of hydrogen-bond acceptors (Lipinski definition) is 6. The highest BCUT2D eigenvalue weighted by molar-refractivity contribution is 6.05. The molecule has 0 saturated carbocycles. The van der Waals surface area contributed by atoms with E-state index < -0.39 is 5.66 Å². The van der Waals surface area contributed by atoms with E-state index in [1.807, 2.05) is 54.3 Å². The molecule has 26 heavy (non-hydrogen) atoms. The van der Waals surface area contributed by atoms with Gasteiger partial charge in [-0.1, -0.05) is 30.3 Å². The highest BCUT2D eigenvalue weighted by Gasteiger charge is 2.36. The van der Waals surface area contributed by atoms with Crippen molar-refractivity contribution in [2.24, 2.45) is 21.5 Å². The van der Waals surface area contributed by atoms with Crippen LogP contribution in [-0.2, 0) is 6.42 Å². The third-order valence-electron chi connectivity index (χ3n) is 4.41. The summed E-state index contributed by atoms with van der Waals surface area (Å²) in [5.74, 6) is 0.591. The minimum Gasteiger partial charge on any atom is -0.399 e. The lowest BCUT2D eigenvalue weighted by Gasteiger charge is -2.41. The van der Waals surface area contributed by atoms with Crippen LogP contribution in [0.1, 0.15) is 25.3 Å². The molecule has 0 aromatic heterocycles. The van der Waals surface area contributed by atoms with E-state index >= 15 is 0 Å². The number of nitrogens with two attached hydrogens (primary N) is 3. The molecule has 0 saturated heterocycles. The zero-order valence-corrected chi connectivity index (χ0v) is 15.6. The molecule has 1 aliphatic rings. The standard InChI is InChI=1S/C19H24N6.ClH/c1-19(13-5-6-14-9-11-15(20)12-10-14)24-17(21)23-18(22)25(19)16-7-3-2-4-8-16;/h2-4,7-12H,5-6,13,20H2,1H3,(H4,21,22,23,24);1H. The number of rotatable bonds is 5. The van der Waals surface area contributed by atoms with Crippen molar-refractivity contribution in [1.29, 1.82) is 0 Å². The molecule has 2 aromatic rings. The maximum absolute atomic E-state index is 6.18. The Labute approximate surface area is 160 Å². The van der Waals surface area contributed by atoms with Gasteiger partial charge in [-0.05, 0) is 56.0 Å². The number of nitrogens with zero attached hydrogens (tertiary/aromatic N) is 3. The van der Waals surface area contributed by atoms with Crippen LogP contribution >= 0.6 is 12.4 Å². The Kier molecular flexibility index (Phi) is 6.10. The van der Waals surface area contributed by atoms with Crippen LogP contribution in [0.15, 0.2) is 64.6 Å². The summed E-state index contributed by atoms with van der Waals surface area (Å²) in [6, 6.07) is 17.9. The summed E-state index contributed by atoms with van der Waals surface area (Å²) in [5.41, 5.74) is 20.2. The first-order chi connectivity index (χ1) is 12.0. The highest BCUT2D eigenvalue weighted by Crippen LogP contribution is 2.31. The van der Waals surface area contributed by atoms with Gasteiger partial charge in [-0.15, -0.1) is 12.4 Å². The van der Waals surface area contributed by atoms with Crippen LogP contribution in [0, 0.1) is 0 Å². The van der Waals surface area contributed by atoms with E-state index in [4.69, 9.17) is 17.2 Å². The molecule has 3 rings (SSSR count). The number of anilines is 2. The van der Waals surface area contributed by atoms with E-state index in [1.54, 1.807) is 0 Å². The molecular formula is C19H25ClN6. The van der Waals surface area contributed by atoms with Gasteiger partial charge in [-0.3, -0.25) is 4.90 Å². The molecule has 0 aliphatic carbocycles. The van der Waals surface area contributed by atoms with Crippen LogP contribution in [0.25, 0.3) is 0 Å². The van der Waals surface area contributed by atoms with Gasteiger partial charge in [0, 0.05) is 11.4 Å². The van der Waals surface area contributed by atoms with Crippen LogP contribution in [-0.4, -0.2) is 17.6 Å². The molecule has 138 valence electrons. The molecule has 2 aromatic carbocycles. The molecule has 0 radical (unpaired) electrons. The van der Waals surface area contributed by atoms with Crippen LogP contribution in [0.4, 0.5) is 11.4 Å². The summed E-state index contributed by atoms with van der Waals surface area (Å²) in [4.78, 5) is 10.7. The van der Waals surface area contributed by atoms with E-state index in [2.05, 4.69) is 22.1 Å². The predicted octanol–water partition coefficient (Wildman–Crippen LogP) is 2.88. The van der Waals surface area contributed by atoms with Crippen LogP contribution in [0.3, 0.4) is 0 Å². The maximum atomic E-state index is 6.18.